The highest BCUT2D eigenvalue weighted by atomic mass is 35.5. The van der Waals surface area contributed by atoms with Gasteiger partial charge in [-0.2, -0.15) is 0 Å². The molecule has 2 saturated heterocycles. The number of piperidine rings is 1. The molecule has 2 aliphatic heterocycles. The molecule has 2 unspecified atom stereocenters. The third kappa shape index (κ3) is 5.70. The lowest BCUT2D eigenvalue weighted by molar-refractivity contribution is -0.138. The van der Waals surface area contributed by atoms with E-state index >= 15 is 0 Å². The van der Waals surface area contributed by atoms with E-state index in [0.29, 0.717) is 18.1 Å². The lowest BCUT2D eigenvalue weighted by Crippen LogP contribution is -2.56. The third-order valence-electron chi connectivity index (χ3n) is 5.84. The number of hydrogen-bond donors (Lipinski definition) is 1. The van der Waals surface area contributed by atoms with Crippen molar-refractivity contribution in [1.29, 1.82) is 0 Å². The highest BCUT2D eigenvalue weighted by Crippen LogP contribution is 2.30. The van der Waals surface area contributed by atoms with Gasteiger partial charge < -0.3 is 15.4 Å². The first-order valence-corrected chi connectivity index (χ1v) is 9.42. The second-order valence-electron chi connectivity index (χ2n) is 8.07. The molecule has 0 bridgehead atoms. The largest absolute Gasteiger partial charge is 0.373 e. The van der Waals surface area contributed by atoms with Crippen molar-refractivity contribution in [3.8, 4) is 0 Å². The van der Waals surface area contributed by atoms with Crippen molar-refractivity contribution < 1.29 is 9.53 Å². The summed E-state index contributed by atoms with van der Waals surface area (Å²) in [6.45, 7) is 9.31. The van der Waals surface area contributed by atoms with Crippen molar-refractivity contribution >= 4 is 30.7 Å². The molecule has 3 aliphatic rings. The number of hydrogen-bond acceptors (Lipinski definition) is 4. The standard InChI is InChI=1S/C18H33N3O2.2ClH/c1-14-11-20(12-15(2)23-14)13-16-5-9-21(10-6-16)17(22)18(19)7-3-4-8-18;;/h14-16H,3-13,19H2,1-2H3;2*1H. The zero-order valence-electron chi connectivity index (χ0n) is 15.6. The van der Waals surface area contributed by atoms with E-state index < -0.39 is 5.54 Å². The van der Waals surface area contributed by atoms with Crippen molar-refractivity contribution in [2.45, 2.75) is 70.1 Å². The molecule has 5 nitrogen and oxygen atoms in total. The molecule has 2 atom stereocenters. The number of nitrogens with zero attached hydrogens (tertiary/aromatic N) is 2. The first-order chi connectivity index (χ1) is 11.0. The summed E-state index contributed by atoms with van der Waals surface area (Å²) in [7, 11) is 0. The maximum absolute atomic E-state index is 12.7. The Bertz CT molecular complexity index is 415. The van der Waals surface area contributed by atoms with Crippen molar-refractivity contribution in [3.63, 3.8) is 0 Å². The highest BCUT2D eigenvalue weighted by molar-refractivity contribution is 5.86. The number of carbonyl (C=O) groups excluding carboxylic acids is 1. The van der Waals surface area contributed by atoms with Crippen LogP contribution < -0.4 is 5.73 Å². The average molecular weight is 396 g/mol. The van der Waals surface area contributed by atoms with Crippen LogP contribution in [0.3, 0.4) is 0 Å². The van der Waals surface area contributed by atoms with E-state index in [4.69, 9.17) is 10.5 Å². The smallest absolute Gasteiger partial charge is 0.242 e. The molecule has 2 heterocycles. The lowest BCUT2D eigenvalue weighted by Gasteiger charge is -2.40. The van der Waals surface area contributed by atoms with Crippen LogP contribution in [0.5, 0.6) is 0 Å². The minimum atomic E-state index is -0.554. The number of amides is 1. The number of rotatable bonds is 3. The van der Waals surface area contributed by atoms with E-state index in [1.165, 1.54) is 0 Å². The van der Waals surface area contributed by atoms with E-state index in [0.717, 1.165) is 71.2 Å². The van der Waals surface area contributed by atoms with Gasteiger partial charge in [-0.3, -0.25) is 9.69 Å². The van der Waals surface area contributed by atoms with Gasteiger partial charge in [0.2, 0.25) is 5.91 Å². The minimum absolute atomic E-state index is 0. The maximum Gasteiger partial charge on any atom is 0.242 e. The molecule has 0 aromatic heterocycles. The Balaban J connectivity index is 0.00000156. The Hall–Kier alpha value is -0.0700. The second-order valence-corrected chi connectivity index (χ2v) is 8.07. The Morgan fingerprint density at radius 1 is 1.08 bits per heavy atom. The van der Waals surface area contributed by atoms with Crippen LogP contribution in [0.2, 0.25) is 0 Å². The van der Waals surface area contributed by atoms with Crippen LogP contribution in [0.1, 0.15) is 52.4 Å². The molecule has 25 heavy (non-hydrogen) atoms. The monoisotopic (exact) mass is 395 g/mol. The highest BCUT2D eigenvalue weighted by Gasteiger charge is 2.40. The van der Waals surface area contributed by atoms with E-state index in [1.54, 1.807) is 0 Å². The van der Waals surface area contributed by atoms with Crippen LogP contribution in [0.15, 0.2) is 0 Å². The Labute approximate surface area is 164 Å². The first kappa shape index (κ1) is 23.0. The second kappa shape index (κ2) is 9.75. The fourth-order valence-electron chi connectivity index (χ4n) is 4.65. The predicted molar refractivity (Wildman–Crippen MR) is 106 cm³/mol. The van der Waals surface area contributed by atoms with Gasteiger partial charge in [-0.1, -0.05) is 12.8 Å². The number of ether oxygens (including phenoxy) is 1. The van der Waals surface area contributed by atoms with Crippen molar-refractivity contribution in [3.05, 3.63) is 0 Å². The summed E-state index contributed by atoms with van der Waals surface area (Å²) in [6.07, 6.45) is 6.84. The molecule has 0 aromatic carbocycles. The molecule has 2 N–H and O–H groups in total. The van der Waals surface area contributed by atoms with Crippen LogP contribution in [-0.2, 0) is 9.53 Å². The Morgan fingerprint density at radius 2 is 1.60 bits per heavy atom. The normalized spacial score (nSPS) is 30.4. The first-order valence-electron chi connectivity index (χ1n) is 9.42. The zero-order chi connectivity index (χ0) is 16.4. The van der Waals surface area contributed by atoms with Crippen molar-refractivity contribution in [1.82, 2.24) is 9.80 Å². The van der Waals surface area contributed by atoms with E-state index in [-0.39, 0.29) is 30.7 Å². The number of morpholine rings is 1. The Kier molecular flexibility index (Phi) is 8.95. The van der Waals surface area contributed by atoms with Gasteiger partial charge in [0.1, 0.15) is 0 Å². The van der Waals surface area contributed by atoms with Gasteiger partial charge in [0.05, 0.1) is 17.7 Å². The summed E-state index contributed by atoms with van der Waals surface area (Å²) in [5.74, 6) is 0.913. The van der Waals surface area contributed by atoms with Gasteiger partial charge >= 0.3 is 0 Å². The maximum atomic E-state index is 12.7. The zero-order valence-corrected chi connectivity index (χ0v) is 17.2. The SMILES string of the molecule is CC1CN(CC2CCN(C(=O)C3(N)CCCC3)CC2)CC(C)O1.Cl.Cl. The molecule has 1 saturated carbocycles. The molecular weight excluding hydrogens is 361 g/mol. The number of likely N-dealkylation sites (tertiary alicyclic amines) is 1. The predicted octanol–water partition coefficient (Wildman–Crippen LogP) is 2.45. The Morgan fingerprint density at radius 3 is 2.12 bits per heavy atom. The van der Waals surface area contributed by atoms with Gasteiger partial charge in [-0.25, -0.2) is 0 Å². The summed E-state index contributed by atoms with van der Waals surface area (Å²) in [5.41, 5.74) is 5.78. The summed E-state index contributed by atoms with van der Waals surface area (Å²) in [4.78, 5) is 17.3. The number of carbonyl (C=O) groups is 1. The van der Waals surface area contributed by atoms with Crippen LogP contribution in [0, 0.1) is 5.92 Å². The molecule has 7 heteroatoms. The molecule has 0 radical (unpaired) electrons. The van der Waals surface area contributed by atoms with Crippen LogP contribution in [0.4, 0.5) is 0 Å². The molecule has 3 fully saturated rings. The molecule has 1 aliphatic carbocycles. The number of nitrogens with two attached hydrogens (primary N) is 1. The van der Waals surface area contributed by atoms with Gasteiger partial charge in [-0.05, 0) is 45.4 Å². The van der Waals surface area contributed by atoms with Gasteiger partial charge in [0, 0.05) is 32.7 Å². The molecule has 148 valence electrons. The quantitative estimate of drug-likeness (QED) is 0.796. The van der Waals surface area contributed by atoms with Gasteiger partial charge in [-0.15, -0.1) is 24.8 Å². The summed E-state index contributed by atoms with van der Waals surface area (Å²) < 4.78 is 5.81. The van der Waals surface area contributed by atoms with Crippen molar-refractivity contribution in [2.24, 2.45) is 11.7 Å². The topological polar surface area (TPSA) is 58.8 Å². The molecule has 0 aromatic rings. The summed E-state index contributed by atoms with van der Waals surface area (Å²) in [5, 5.41) is 0. The summed E-state index contributed by atoms with van der Waals surface area (Å²) >= 11 is 0. The third-order valence-corrected chi connectivity index (χ3v) is 5.84. The lowest BCUT2D eigenvalue weighted by atomic mass is 9.92. The molecule has 3 rings (SSSR count). The van der Waals surface area contributed by atoms with Crippen molar-refractivity contribution in [2.75, 3.05) is 32.7 Å². The van der Waals surface area contributed by atoms with Gasteiger partial charge in [0.25, 0.3) is 0 Å². The molecule has 0 spiro atoms. The van der Waals surface area contributed by atoms with Gasteiger partial charge in [0.15, 0.2) is 0 Å². The fraction of sp³-hybridized carbons (Fsp3) is 0.944. The molecule has 1 amide bonds. The van der Waals surface area contributed by atoms with Crippen LogP contribution in [0.25, 0.3) is 0 Å². The minimum Gasteiger partial charge on any atom is -0.373 e. The summed E-state index contributed by atoms with van der Waals surface area (Å²) in [6, 6.07) is 0. The van der Waals surface area contributed by atoms with Crippen LogP contribution in [-0.4, -0.2) is 66.2 Å². The van der Waals surface area contributed by atoms with E-state index in [2.05, 4.69) is 18.7 Å². The molecular formula is C18H35Cl2N3O2. The average Bonchev–Trinajstić information content (AvgIpc) is 2.94. The van der Waals surface area contributed by atoms with E-state index in [9.17, 15) is 4.79 Å². The number of halogens is 2. The van der Waals surface area contributed by atoms with E-state index in [1.807, 2.05) is 4.90 Å². The van der Waals surface area contributed by atoms with Crippen LogP contribution >= 0.6 is 24.8 Å². The fourth-order valence-corrected chi connectivity index (χ4v) is 4.65.